The highest BCUT2D eigenvalue weighted by Gasteiger charge is 2.44. The number of piperazine rings is 2. The molecule has 0 radical (unpaired) electrons. The van der Waals surface area contributed by atoms with Crippen molar-refractivity contribution in [3.63, 3.8) is 0 Å². The summed E-state index contributed by atoms with van der Waals surface area (Å²) < 4.78 is 0. The minimum Gasteiger partial charge on any atom is -0.342 e. The molecule has 3 amide bonds. The van der Waals surface area contributed by atoms with E-state index in [1.807, 2.05) is 11.4 Å². The Bertz CT molecular complexity index is 684. The van der Waals surface area contributed by atoms with Crippen LogP contribution in [0.2, 0.25) is 0 Å². The van der Waals surface area contributed by atoms with Crippen molar-refractivity contribution in [3.8, 4) is 0 Å². The van der Waals surface area contributed by atoms with Crippen molar-refractivity contribution in [1.29, 1.82) is 0 Å². The van der Waals surface area contributed by atoms with Crippen molar-refractivity contribution < 1.29 is 14.4 Å². The van der Waals surface area contributed by atoms with Crippen LogP contribution in [0.4, 0.5) is 0 Å². The molecule has 140 valence electrons. The molecule has 1 saturated carbocycles. The van der Waals surface area contributed by atoms with Gasteiger partial charge in [-0.1, -0.05) is 38.2 Å². The van der Waals surface area contributed by atoms with Gasteiger partial charge in [0, 0.05) is 13.1 Å². The van der Waals surface area contributed by atoms with E-state index in [0.29, 0.717) is 23.9 Å². The molecule has 6 nitrogen and oxygen atoms in total. The van der Waals surface area contributed by atoms with Gasteiger partial charge < -0.3 is 15.1 Å². The predicted octanol–water partition coefficient (Wildman–Crippen LogP) is 1.87. The minimum atomic E-state index is -0.553. The van der Waals surface area contributed by atoms with Gasteiger partial charge in [0.05, 0.1) is 11.4 Å². The van der Waals surface area contributed by atoms with Gasteiger partial charge in [0.2, 0.25) is 11.8 Å². The van der Waals surface area contributed by atoms with Crippen molar-refractivity contribution in [2.24, 2.45) is 5.92 Å². The Morgan fingerprint density at radius 3 is 2.73 bits per heavy atom. The smallest absolute Gasteiger partial charge is 0.264 e. The van der Waals surface area contributed by atoms with Crippen molar-refractivity contribution in [2.75, 3.05) is 19.6 Å². The molecular formula is C19H25N3O3S. The predicted molar refractivity (Wildman–Crippen MR) is 98.8 cm³/mol. The molecule has 26 heavy (non-hydrogen) atoms. The van der Waals surface area contributed by atoms with Crippen molar-refractivity contribution in [2.45, 2.75) is 50.6 Å². The first-order valence-corrected chi connectivity index (χ1v) is 10.4. The largest absolute Gasteiger partial charge is 0.342 e. The highest BCUT2D eigenvalue weighted by atomic mass is 32.1. The summed E-state index contributed by atoms with van der Waals surface area (Å²) in [7, 11) is 0. The number of nitrogens with one attached hydrogen (secondary N) is 1. The standard InChI is InChI=1S/C19H25N3O3S/c23-17-15-12-21(19(25)16-7-4-10-26-16)8-9-22(15)18(24)14(20-17)11-13-5-2-1-3-6-13/h4,7,10,13-15H,1-3,5-6,8-9,11-12H2,(H,20,23)/t14-,15-/m0/s1. The normalized spacial score (nSPS) is 27.2. The van der Waals surface area contributed by atoms with Gasteiger partial charge in [0.1, 0.15) is 12.1 Å². The van der Waals surface area contributed by atoms with E-state index in [4.69, 9.17) is 0 Å². The number of carbonyl (C=O) groups excluding carboxylic acids is 3. The molecule has 1 aliphatic carbocycles. The molecular weight excluding hydrogens is 350 g/mol. The topological polar surface area (TPSA) is 69.7 Å². The van der Waals surface area contributed by atoms with Crippen LogP contribution in [-0.2, 0) is 9.59 Å². The van der Waals surface area contributed by atoms with E-state index in [-0.39, 0.29) is 30.3 Å². The second kappa shape index (κ2) is 7.39. The van der Waals surface area contributed by atoms with Crippen LogP contribution >= 0.6 is 11.3 Å². The molecule has 4 rings (SSSR count). The monoisotopic (exact) mass is 375 g/mol. The number of carbonyl (C=O) groups is 3. The lowest BCUT2D eigenvalue weighted by Crippen LogP contribution is -2.69. The Morgan fingerprint density at radius 1 is 1.19 bits per heavy atom. The summed E-state index contributed by atoms with van der Waals surface area (Å²) in [6.45, 7) is 1.21. The lowest BCUT2D eigenvalue weighted by molar-refractivity contribution is -0.152. The van der Waals surface area contributed by atoms with Crippen LogP contribution in [0.25, 0.3) is 0 Å². The molecule has 2 saturated heterocycles. The maximum absolute atomic E-state index is 12.9. The number of rotatable bonds is 3. The van der Waals surface area contributed by atoms with Gasteiger partial charge in [-0.3, -0.25) is 14.4 Å². The van der Waals surface area contributed by atoms with Crippen molar-refractivity contribution in [1.82, 2.24) is 15.1 Å². The van der Waals surface area contributed by atoms with E-state index >= 15 is 0 Å². The van der Waals surface area contributed by atoms with E-state index < -0.39 is 6.04 Å². The van der Waals surface area contributed by atoms with Gasteiger partial charge in [-0.05, 0) is 23.8 Å². The number of fused-ring (bicyclic) bond motifs is 1. The summed E-state index contributed by atoms with van der Waals surface area (Å²) in [5, 5.41) is 4.81. The summed E-state index contributed by atoms with van der Waals surface area (Å²) in [6.07, 6.45) is 6.81. The van der Waals surface area contributed by atoms with Crippen LogP contribution in [0, 0.1) is 5.92 Å². The third-order valence-corrected chi connectivity index (χ3v) is 6.75. The van der Waals surface area contributed by atoms with E-state index in [9.17, 15) is 14.4 Å². The van der Waals surface area contributed by atoms with Gasteiger partial charge >= 0.3 is 0 Å². The summed E-state index contributed by atoms with van der Waals surface area (Å²) in [4.78, 5) is 42.2. The molecule has 0 unspecified atom stereocenters. The summed E-state index contributed by atoms with van der Waals surface area (Å²) in [5.74, 6) is 0.401. The summed E-state index contributed by atoms with van der Waals surface area (Å²) in [6, 6.07) is 2.70. The molecule has 0 bridgehead atoms. The number of thiophene rings is 1. The first kappa shape index (κ1) is 17.5. The minimum absolute atomic E-state index is 0.0309. The summed E-state index contributed by atoms with van der Waals surface area (Å²) >= 11 is 1.40. The van der Waals surface area contributed by atoms with Crippen LogP contribution in [0.15, 0.2) is 17.5 Å². The molecule has 0 aromatic carbocycles. The fourth-order valence-corrected chi connectivity index (χ4v) is 5.15. The third-order valence-electron chi connectivity index (χ3n) is 5.89. The van der Waals surface area contributed by atoms with Crippen molar-refractivity contribution >= 4 is 29.1 Å². The van der Waals surface area contributed by atoms with E-state index in [2.05, 4.69) is 5.32 Å². The van der Waals surface area contributed by atoms with Gasteiger partial charge in [-0.2, -0.15) is 0 Å². The van der Waals surface area contributed by atoms with Crippen LogP contribution in [0.1, 0.15) is 48.2 Å². The van der Waals surface area contributed by atoms with Gasteiger partial charge in [0.25, 0.3) is 5.91 Å². The highest BCUT2D eigenvalue weighted by Crippen LogP contribution is 2.29. The van der Waals surface area contributed by atoms with Gasteiger partial charge in [-0.25, -0.2) is 0 Å². The molecule has 1 aromatic rings. The maximum atomic E-state index is 12.9. The van der Waals surface area contributed by atoms with E-state index in [1.165, 1.54) is 30.6 Å². The van der Waals surface area contributed by atoms with Gasteiger partial charge in [-0.15, -0.1) is 11.3 Å². The molecule has 0 spiro atoms. The molecule has 3 aliphatic rings. The molecule has 2 atom stereocenters. The molecule has 7 heteroatoms. The second-order valence-corrected chi connectivity index (χ2v) is 8.52. The first-order chi connectivity index (χ1) is 12.6. The molecule has 3 fully saturated rings. The average Bonchev–Trinajstić information content (AvgIpc) is 3.20. The molecule has 2 aliphatic heterocycles. The SMILES string of the molecule is O=C1N[C@@H](CC2CCCCC2)C(=O)N2CCN(C(=O)c3cccs3)C[C@@H]12. The highest BCUT2D eigenvalue weighted by molar-refractivity contribution is 7.12. The number of hydrogen-bond acceptors (Lipinski definition) is 4. The van der Waals surface area contributed by atoms with Crippen LogP contribution in [0.3, 0.4) is 0 Å². The fraction of sp³-hybridized carbons (Fsp3) is 0.632. The lowest BCUT2D eigenvalue weighted by Gasteiger charge is -2.45. The number of nitrogens with zero attached hydrogens (tertiary/aromatic N) is 2. The van der Waals surface area contributed by atoms with Crippen LogP contribution < -0.4 is 5.32 Å². The van der Waals surface area contributed by atoms with Gasteiger partial charge in [0.15, 0.2) is 0 Å². The zero-order valence-corrected chi connectivity index (χ0v) is 15.7. The Morgan fingerprint density at radius 2 is 2.00 bits per heavy atom. The van der Waals surface area contributed by atoms with E-state index in [0.717, 1.165) is 19.3 Å². The zero-order chi connectivity index (χ0) is 18.1. The van der Waals surface area contributed by atoms with Crippen LogP contribution in [0.5, 0.6) is 0 Å². The van der Waals surface area contributed by atoms with Crippen LogP contribution in [-0.4, -0.2) is 59.2 Å². The summed E-state index contributed by atoms with van der Waals surface area (Å²) in [5.41, 5.74) is 0. The molecule has 3 heterocycles. The Hall–Kier alpha value is -1.89. The van der Waals surface area contributed by atoms with Crippen molar-refractivity contribution in [3.05, 3.63) is 22.4 Å². The Balaban J connectivity index is 1.41. The number of hydrogen-bond donors (Lipinski definition) is 1. The van der Waals surface area contributed by atoms with E-state index in [1.54, 1.807) is 15.9 Å². The zero-order valence-electron chi connectivity index (χ0n) is 14.9. The Kier molecular flexibility index (Phi) is 4.98. The molecule has 1 aromatic heterocycles. The number of amides is 3. The third kappa shape index (κ3) is 3.37. The lowest BCUT2D eigenvalue weighted by atomic mass is 9.84. The average molecular weight is 375 g/mol. The molecule has 1 N–H and O–H groups in total. The maximum Gasteiger partial charge on any atom is 0.264 e. The Labute approximate surface area is 157 Å². The second-order valence-electron chi connectivity index (χ2n) is 7.58. The fourth-order valence-electron chi connectivity index (χ4n) is 4.46. The quantitative estimate of drug-likeness (QED) is 0.877. The first-order valence-electron chi connectivity index (χ1n) is 9.57.